The van der Waals surface area contributed by atoms with E-state index in [-0.39, 0.29) is 44.5 Å². The normalized spacial score (nSPS) is 34.0. The number of methoxy groups -OCH3 is 1. The lowest BCUT2D eigenvalue weighted by Gasteiger charge is -2.36. The number of aliphatic hydroxyl groups excluding tert-OH is 1. The number of fused-ring (bicyclic) bond motifs is 2. The van der Waals surface area contributed by atoms with Crippen LogP contribution in [0.25, 0.3) is 0 Å². The van der Waals surface area contributed by atoms with E-state index in [0.29, 0.717) is 38.3 Å². The Labute approximate surface area is 274 Å². The molecule has 5 heterocycles. The number of nitrogens with one attached hydrogen (secondary N) is 1. The van der Waals surface area contributed by atoms with Gasteiger partial charge in [0, 0.05) is 52.8 Å². The number of morpholine rings is 1. The lowest BCUT2D eigenvalue weighted by Crippen LogP contribution is -2.57. The highest BCUT2D eigenvalue weighted by molar-refractivity contribution is 5.99. The van der Waals surface area contributed by atoms with Gasteiger partial charge in [-0.25, -0.2) is 0 Å². The number of rotatable bonds is 8. The lowest BCUT2D eigenvalue weighted by molar-refractivity contribution is -0.162. The van der Waals surface area contributed by atoms with E-state index in [1.807, 2.05) is 30.4 Å². The number of β-amino-alcohol motifs (C(OH)–C–C–N with tert-alkyl or cyclic N) is 1. The Kier molecular flexibility index (Phi) is 10.4. The molecule has 254 valence electrons. The van der Waals surface area contributed by atoms with Crippen LogP contribution in [0.5, 0.6) is 0 Å². The number of likely N-dealkylation sites (tertiary alicyclic amines) is 1. The number of hydrogen-bond donors (Lipinski definition) is 2. The van der Waals surface area contributed by atoms with Crippen LogP contribution >= 0.6 is 0 Å². The lowest BCUT2D eigenvalue weighted by atomic mass is 9.74. The first-order chi connectivity index (χ1) is 22.9. The molecule has 0 unspecified atom stereocenters. The number of amides is 3. The number of benzene rings is 1. The first-order valence-corrected chi connectivity index (χ1v) is 16.4. The smallest absolute Gasteiger partial charge is 0.313 e. The average molecular weight is 653 g/mol. The van der Waals surface area contributed by atoms with Crippen LogP contribution in [-0.2, 0) is 38.1 Å². The summed E-state index contributed by atoms with van der Waals surface area (Å²) in [5.41, 5.74) is -0.742. The van der Waals surface area contributed by atoms with Crippen molar-refractivity contribution in [3.05, 3.63) is 60.2 Å². The minimum absolute atomic E-state index is 0.0736. The molecular formula is C34H44N4O9. The van der Waals surface area contributed by atoms with E-state index in [1.165, 1.54) is 12.0 Å². The molecule has 0 radical (unpaired) electrons. The number of cyclic esters (lactones) is 1. The maximum absolute atomic E-state index is 14.6. The molecule has 3 fully saturated rings. The summed E-state index contributed by atoms with van der Waals surface area (Å²) >= 11 is 0. The molecule has 1 aromatic carbocycles. The summed E-state index contributed by atoms with van der Waals surface area (Å²) in [5, 5.41) is 13.0. The summed E-state index contributed by atoms with van der Waals surface area (Å²) in [5.74, 6) is -3.73. The van der Waals surface area contributed by atoms with E-state index in [2.05, 4.69) is 10.2 Å². The van der Waals surface area contributed by atoms with Gasteiger partial charge >= 0.3 is 5.97 Å². The first-order valence-electron chi connectivity index (χ1n) is 16.4. The van der Waals surface area contributed by atoms with E-state index < -0.39 is 53.6 Å². The summed E-state index contributed by atoms with van der Waals surface area (Å²) in [4.78, 5) is 61.4. The van der Waals surface area contributed by atoms with Crippen LogP contribution in [0.4, 0.5) is 0 Å². The van der Waals surface area contributed by atoms with Gasteiger partial charge in [0.1, 0.15) is 23.7 Å². The van der Waals surface area contributed by atoms with Crippen molar-refractivity contribution < 1.29 is 43.2 Å². The van der Waals surface area contributed by atoms with Gasteiger partial charge in [-0.15, -0.1) is 0 Å². The van der Waals surface area contributed by atoms with Crippen molar-refractivity contribution in [2.24, 2.45) is 11.8 Å². The zero-order chi connectivity index (χ0) is 33.0. The molecule has 6 rings (SSSR count). The number of hydrogen-bond acceptors (Lipinski definition) is 10. The van der Waals surface area contributed by atoms with Crippen molar-refractivity contribution in [2.45, 2.75) is 42.7 Å². The minimum Gasteiger partial charge on any atom is -0.455 e. The predicted octanol–water partition coefficient (Wildman–Crippen LogP) is 0.0558. The van der Waals surface area contributed by atoms with E-state index in [4.69, 9.17) is 18.9 Å². The molecular weight excluding hydrogens is 608 g/mol. The molecule has 13 nitrogen and oxygen atoms in total. The van der Waals surface area contributed by atoms with Gasteiger partial charge in [0.25, 0.3) is 0 Å². The number of carbonyl (C=O) groups excluding carboxylic acids is 4. The molecule has 3 amide bonds. The Hall–Kier alpha value is -3.62. The maximum Gasteiger partial charge on any atom is 0.313 e. The number of allylic oxidation sites excluding steroid dienone is 1. The molecule has 5 aliphatic rings. The fraction of sp³-hybridized carbons (Fsp3) is 0.588. The monoisotopic (exact) mass is 652 g/mol. The SMILES string of the molecule is COC[C@H]1NC(=O)CC/C=C\CN(CCN2CCOCC2)C(=O)[C@@H]2N(CCO)C(=O)[C@H]3[C@H](C(=O)O[C@@H]1c1ccccc1)[C@@H]1C=C[C@]23O1. The van der Waals surface area contributed by atoms with Crippen LogP contribution in [-0.4, -0.2) is 140 Å². The van der Waals surface area contributed by atoms with E-state index >= 15 is 0 Å². The summed E-state index contributed by atoms with van der Waals surface area (Å²) in [6, 6.07) is 7.30. The van der Waals surface area contributed by atoms with Gasteiger partial charge in [-0.1, -0.05) is 54.6 Å². The summed E-state index contributed by atoms with van der Waals surface area (Å²) < 4.78 is 23.6. The molecule has 1 spiro atoms. The van der Waals surface area contributed by atoms with Crippen LogP contribution in [0.2, 0.25) is 0 Å². The third kappa shape index (κ3) is 6.59. The summed E-state index contributed by atoms with van der Waals surface area (Å²) in [6.45, 7) is 3.63. The third-order valence-electron chi connectivity index (χ3n) is 9.78. The number of ether oxygens (including phenoxy) is 4. The van der Waals surface area contributed by atoms with Gasteiger partial charge in [0.15, 0.2) is 0 Å². The van der Waals surface area contributed by atoms with Crippen molar-refractivity contribution in [3.63, 3.8) is 0 Å². The van der Waals surface area contributed by atoms with Crippen molar-refractivity contribution in [1.82, 2.24) is 20.0 Å². The molecule has 0 aliphatic carbocycles. The van der Waals surface area contributed by atoms with Gasteiger partial charge < -0.3 is 39.2 Å². The number of nitrogens with zero attached hydrogens (tertiary/aromatic N) is 3. The van der Waals surface area contributed by atoms with Gasteiger partial charge in [0.2, 0.25) is 17.7 Å². The summed E-state index contributed by atoms with van der Waals surface area (Å²) in [7, 11) is 1.51. The Morgan fingerprint density at radius 2 is 1.81 bits per heavy atom. The van der Waals surface area contributed by atoms with Crippen molar-refractivity contribution in [3.8, 4) is 0 Å². The second-order valence-corrected chi connectivity index (χ2v) is 12.6. The number of carbonyl (C=O) groups is 4. The Morgan fingerprint density at radius 3 is 2.55 bits per heavy atom. The molecule has 0 saturated carbocycles. The number of esters is 1. The topological polar surface area (TPSA) is 147 Å². The molecule has 47 heavy (non-hydrogen) atoms. The average Bonchev–Trinajstić information content (AvgIpc) is 3.72. The quantitative estimate of drug-likeness (QED) is 0.292. The van der Waals surface area contributed by atoms with Crippen LogP contribution in [0.3, 0.4) is 0 Å². The van der Waals surface area contributed by atoms with Crippen molar-refractivity contribution >= 4 is 23.7 Å². The zero-order valence-corrected chi connectivity index (χ0v) is 26.7. The first kappa shape index (κ1) is 33.3. The Balaban J connectivity index is 1.37. The van der Waals surface area contributed by atoms with E-state index in [9.17, 15) is 24.3 Å². The van der Waals surface area contributed by atoms with E-state index in [0.717, 1.165) is 13.1 Å². The van der Waals surface area contributed by atoms with Crippen LogP contribution in [0, 0.1) is 11.8 Å². The molecule has 7 atom stereocenters. The second kappa shape index (κ2) is 14.7. The van der Waals surface area contributed by atoms with Gasteiger partial charge in [-0.2, -0.15) is 0 Å². The van der Waals surface area contributed by atoms with Crippen LogP contribution in [0.15, 0.2) is 54.6 Å². The van der Waals surface area contributed by atoms with Gasteiger partial charge in [-0.3, -0.25) is 24.1 Å². The Bertz CT molecular complexity index is 1370. The van der Waals surface area contributed by atoms with Crippen LogP contribution < -0.4 is 5.32 Å². The highest BCUT2D eigenvalue weighted by atomic mass is 16.6. The van der Waals surface area contributed by atoms with Gasteiger partial charge in [0.05, 0.1) is 44.5 Å². The molecule has 1 aromatic rings. The highest BCUT2D eigenvalue weighted by Gasteiger charge is 2.73. The second-order valence-electron chi connectivity index (χ2n) is 12.6. The fourth-order valence-electron chi connectivity index (χ4n) is 7.54. The molecule has 5 aliphatic heterocycles. The molecule has 5 bridgehead atoms. The summed E-state index contributed by atoms with van der Waals surface area (Å²) in [6.07, 6.45) is 6.12. The largest absolute Gasteiger partial charge is 0.455 e. The molecule has 0 aromatic heterocycles. The maximum atomic E-state index is 14.6. The van der Waals surface area contributed by atoms with Crippen molar-refractivity contribution in [1.29, 1.82) is 0 Å². The van der Waals surface area contributed by atoms with Crippen LogP contribution in [0.1, 0.15) is 24.5 Å². The molecule has 2 N–H and O–H groups in total. The Morgan fingerprint density at radius 1 is 1.02 bits per heavy atom. The molecule has 3 saturated heterocycles. The van der Waals surface area contributed by atoms with Crippen molar-refractivity contribution in [2.75, 3.05) is 72.8 Å². The zero-order valence-electron chi connectivity index (χ0n) is 26.7. The standard InChI is InChI=1S/C34H44N4O9/c1-44-22-24-29(23-8-4-2-5-9-23)46-33(43)27-25-11-12-34(47-25)28(27)31(41)38(16-19-39)30(34)32(42)37(13-7-3-6-10-26(40)35-24)15-14-36-17-20-45-21-18-36/h2-5,7-9,11-12,24-25,27-30,39H,6,10,13-22H2,1H3,(H,35,40)/b7-3-/t24-,25+,27-,28-,29-,30+,34-/m1/s1. The van der Waals surface area contributed by atoms with Gasteiger partial charge in [-0.05, 0) is 12.0 Å². The fourth-order valence-corrected chi connectivity index (χ4v) is 7.54. The third-order valence-corrected chi connectivity index (χ3v) is 9.78. The van der Waals surface area contributed by atoms with E-state index in [1.54, 1.807) is 29.2 Å². The predicted molar refractivity (Wildman–Crippen MR) is 168 cm³/mol. The highest BCUT2D eigenvalue weighted by Crippen LogP contribution is 2.55. The molecule has 13 heteroatoms. The minimum atomic E-state index is -1.39. The number of aliphatic hydroxyl groups is 1.